The van der Waals surface area contributed by atoms with Crippen LogP contribution >= 0.6 is 0 Å². The van der Waals surface area contributed by atoms with E-state index < -0.39 is 10.0 Å². The number of rotatable bonds is 3. The molecule has 8 nitrogen and oxygen atoms in total. The smallest absolute Gasteiger partial charge is 0.257 e. The second-order valence-electron chi connectivity index (χ2n) is 7.45. The number of carbonyl (C=O) groups excluding carboxylic acids is 2. The maximum absolute atomic E-state index is 13.1. The standard InChI is InChI=1S/C21H24N4O4S/c1-2-16-5-7-17(8-6-16)20(26)24-10-12-25(13-11-24)21(27)18-4-3-9-23-14-15-30(28,29)22-19(18)23/h3-9H,2,10-15H2,1H3. The Labute approximate surface area is 176 Å². The first-order valence-electron chi connectivity index (χ1n) is 10.0. The lowest BCUT2D eigenvalue weighted by Crippen LogP contribution is -2.52. The summed E-state index contributed by atoms with van der Waals surface area (Å²) in [5.41, 5.74) is 2.10. The zero-order chi connectivity index (χ0) is 21.3. The molecule has 0 atom stereocenters. The molecule has 9 heteroatoms. The molecule has 4 rings (SSSR count). The summed E-state index contributed by atoms with van der Waals surface area (Å²) >= 11 is 0. The molecule has 3 aliphatic rings. The fourth-order valence-electron chi connectivity index (χ4n) is 3.73. The van der Waals surface area contributed by atoms with Crippen molar-refractivity contribution < 1.29 is 18.0 Å². The molecule has 0 saturated carbocycles. The number of hydrogen-bond acceptors (Lipinski definition) is 5. The summed E-state index contributed by atoms with van der Waals surface area (Å²) in [6.45, 7) is 3.98. The predicted octanol–water partition coefficient (Wildman–Crippen LogP) is 1.03. The van der Waals surface area contributed by atoms with Crippen LogP contribution in [0.2, 0.25) is 0 Å². The van der Waals surface area contributed by atoms with E-state index in [2.05, 4.69) is 11.3 Å². The molecular formula is C21H24N4O4S. The van der Waals surface area contributed by atoms with Gasteiger partial charge in [-0.1, -0.05) is 19.1 Å². The van der Waals surface area contributed by atoms with Crippen molar-refractivity contribution in [2.75, 3.05) is 38.5 Å². The number of amides is 2. The van der Waals surface area contributed by atoms with Gasteiger partial charge in [-0.25, -0.2) is 8.42 Å². The first-order chi connectivity index (χ1) is 14.4. The Morgan fingerprint density at radius 1 is 0.967 bits per heavy atom. The zero-order valence-electron chi connectivity index (χ0n) is 16.8. The lowest BCUT2D eigenvalue weighted by atomic mass is 10.1. The molecule has 3 aliphatic heterocycles. The summed E-state index contributed by atoms with van der Waals surface area (Å²) in [7, 11) is -3.56. The molecule has 2 amide bonds. The van der Waals surface area contributed by atoms with Crippen LogP contribution in [0.5, 0.6) is 0 Å². The van der Waals surface area contributed by atoms with E-state index in [9.17, 15) is 18.0 Å². The second-order valence-corrected chi connectivity index (χ2v) is 9.21. The number of piperazine rings is 1. The van der Waals surface area contributed by atoms with E-state index in [0.717, 1.165) is 6.42 Å². The number of allylic oxidation sites excluding steroid dienone is 2. The molecule has 158 valence electrons. The van der Waals surface area contributed by atoms with Crippen molar-refractivity contribution in [2.45, 2.75) is 13.3 Å². The Balaban J connectivity index is 1.43. The minimum Gasteiger partial charge on any atom is -0.335 e. The molecule has 0 N–H and O–H groups in total. The van der Waals surface area contributed by atoms with Crippen LogP contribution in [0.1, 0.15) is 22.8 Å². The van der Waals surface area contributed by atoms with Crippen molar-refractivity contribution in [2.24, 2.45) is 4.40 Å². The van der Waals surface area contributed by atoms with E-state index in [0.29, 0.717) is 31.7 Å². The number of sulfonamides is 1. The molecule has 1 fully saturated rings. The van der Waals surface area contributed by atoms with E-state index in [-0.39, 0.29) is 35.5 Å². The summed E-state index contributed by atoms with van der Waals surface area (Å²) in [6, 6.07) is 7.60. The molecule has 1 aromatic carbocycles. The molecule has 1 aromatic rings. The minimum absolute atomic E-state index is 0.0431. The highest BCUT2D eigenvalue weighted by atomic mass is 32.2. The van der Waals surface area contributed by atoms with Gasteiger partial charge < -0.3 is 14.7 Å². The number of nitrogens with zero attached hydrogens (tertiary/aromatic N) is 4. The Morgan fingerprint density at radius 3 is 2.23 bits per heavy atom. The van der Waals surface area contributed by atoms with Gasteiger partial charge in [-0.3, -0.25) is 9.59 Å². The fourth-order valence-corrected chi connectivity index (χ4v) is 4.72. The fraction of sp³-hybridized carbons (Fsp3) is 0.381. The van der Waals surface area contributed by atoms with Gasteiger partial charge in [0.25, 0.3) is 21.8 Å². The Morgan fingerprint density at radius 2 is 1.60 bits per heavy atom. The lowest BCUT2D eigenvalue weighted by Gasteiger charge is -2.36. The van der Waals surface area contributed by atoms with Gasteiger partial charge in [-0.15, -0.1) is 4.40 Å². The molecule has 3 heterocycles. The van der Waals surface area contributed by atoms with Crippen LogP contribution in [0.3, 0.4) is 0 Å². The summed E-state index contributed by atoms with van der Waals surface area (Å²) in [5, 5.41) is 0. The van der Waals surface area contributed by atoms with Gasteiger partial charge in [-0.2, -0.15) is 0 Å². The maximum Gasteiger partial charge on any atom is 0.257 e. The quantitative estimate of drug-likeness (QED) is 0.717. The van der Waals surface area contributed by atoms with Crippen molar-refractivity contribution in [1.82, 2.24) is 14.7 Å². The third kappa shape index (κ3) is 4.02. The van der Waals surface area contributed by atoms with E-state index in [1.165, 1.54) is 5.56 Å². The van der Waals surface area contributed by atoms with Crippen molar-refractivity contribution in [1.29, 1.82) is 0 Å². The highest BCUT2D eigenvalue weighted by Gasteiger charge is 2.33. The highest BCUT2D eigenvalue weighted by Crippen LogP contribution is 2.20. The van der Waals surface area contributed by atoms with E-state index >= 15 is 0 Å². The summed E-state index contributed by atoms with van der Waals surface area (Å²) in [6.07, 6.45) is 5.98. The van der Waals surface area contributed by atoms with Gasteiger partial charge in [0.15, 0.2) is 5.84 Å². The maximum atomic E-state index is 13.1. The number of amidine groups is 1. The van der Waals surface area contributed by atoms with Crippen LogP contribution in [0.4, 0.5) is 0 Å². The molecule has 0 aromatic heterocycles. The number of fused-ring (bicyclic) bond motifs is 1. The van der Waals surface area contributed by atoms with Crippen LogP contribution in [0.25, 0.3) is 0 Å². The normalized spacial score (nSPS) is 20.4. The van der Waals surface area contributed by atoms with E-state index in [4.69, 9.17) is 0 Å². The highest BCUT2D eigenvalue weighted by molar-refractivity contribution is 7.90. The zero-order valence-corrected chi connectivity index (χ0v) is 17.6. The van der Waals surface area contributed by atoms with Crippen molar-refractivity contribution in [3.05, 3.63) is 59.3 Å². The Bertz CT molecular complexity index is 1050. The van der Waals surface area contributed by atoms with Crippen LogP contribution in [0.15, 0.2) is 52.6 Å². The van der Waals surface area contributed by atoms with Crippen LogP contribution < -0.4 is 0 Å². The monoisotopic (exact) mass is 428 g/mol. The van der Waals surface area contributed by atoms with Crippen LogP contribution in [0, 0.1) is 0 Å². The number of aryl methyl sites for hydroxylation is 1. The largest absolute Gasteiger partial charge is 0.335 e. The third-order valence-corrected chi connectivity index (χ3v) is 6.70. The van der Waals surface area contributed by atoms with Crippen molar-refractivity contribution in [3.63, 3.8) is 0 Å². The summed E-state index contributed by atoms with van der Waals surface area (Å²) in [4.78, 5) is 30.9. The topological polar surface area (TPSA) is 90.4 Å². The molecule has 0 spiro atoms. The van der Waals surface area contributed by atoms with Gasteiger partial charge in [0.1, 0.15) is 0 Å². The van der Waals surface area contributed by atoms with Crippen molar-refractivity contribution >= 4 is 27.7 Å². The van der Waals surface area contributed by atoms with Gasteiger partial charge in [0, 0.05) is 44.5 Å². The average molecular weight is 429 g/mol. The summed E-state index contributed by atoms with van der Waals surface area (Å²) in [5.74, 6) is -0.191. The molecule has 30 heavy (non-hydrogen) atoms. The first kappa shape index (κ1) is 20.3. The van der Waals surface area contributed by atoms with Gasteiger partial charge in [0.05, 0.1) is 11.3 Å². The molecule has 0 bridgehead atoms. The Hall–Kier alpha value is -2.94. The summed E-state index contributed by atoms with van der Waals surface area (Å²) < 4.78 is 27.6. The SMILES string of the molecule is CCc1ccc(C(=O)N2CCN(C(=O)C3=CC=CN4CCS(=O)(=O)N=C34)CC2)cc1. The Kier molecular flexibility index (Phi) is 5.46. The van der Waals surface area contributed by atoms with Crippen molar-refractivity contribution in [3.8, 4) is 0 Å². The molecule has 0 unspecified atom stereocenters. The average Bonchev–Trinajstić information content (AvgIpc) is 2.77. The molecule has 1 saturated heterocycles. The first-order valence-corrected chi connectivity index (χ1v) is 11.6. The molecule has 0 radical (unpaired) electrons. The van der Waals surface area contributed by atoms with Gasteiger partial charge in [-0.05, 0) is 36.3 Å². The number of carbonyl (C=O) groups is 2. The molecular weight excluding hydrogens is 404 g/mol. The number of benzene rings is 1. The second kappa shape index (κ2) is 8.06. The minimum atomic E-state index is -3.56. The van der Waals surface area contributed by atoms with E-state index in [1.807, 2.05) is 24.3 Å². The molecule has 0 aliphatic carbocycles. The van der Waals surface area contributed by atoms with Crippen LogP contribution in [-0.2, 0) is 21.2 Å². The number of hydrogen-bond donors (Lipinski definition) is 0. The van der Waals surface area contributed by atoms with E-state index in [1.54, 1.807) is 33.1 Å². The van der Waals surface area contributed by atoms with Crippen LogP contribution in [-0.4, -0.2) is 79.2 Å². The van der Waals surface area contributed by atoms with Gasteiger partial charge >= 0.3 is 0 Å². The third-order valence-electron chi connectivity index (χ3n) is 5.55. The predicted molar refractivity (Wildman–Crippen MR) is 113 cm³/mol. The van der Waals surface area contributed by atoms with Gasteiger partial charge in [0.2, 0.25) is 0 Å². The lowest BCUT2D eigenvalue weighted by molar-refractivity contribution is -0.128.